The van der Waals surface area contributed by atoms with E-state index in [0.29, 0.717) is 18.3 Å². The van der Waals surface area contributed by atoms with Gasteiger partial charge in [-0.15, -0.1) is 16.3 Å². The molecule has 0 radical (unpaired) electrons. The summed E-state index contributed by atoms with van der Waals surface area (Å²) in [5.41, 5.74) is 13.2. The SMILES string of the molecule is CC1(C)N=C(N)N=C(N)N1c1ccc(CCCCOc2ccc(S(=O)(=O)F)cc2)cc1.Cl. The third kappa shape index (κ3) is 6.33. The summed E-state index contributed by atoms with van der Waals surface area (Å²) in [6.07, 6.45) is 2.61. The smallest absolute Gasteiger partial charge is 0.332 e. The van der Waals surface area contributed by atoms with Crippen LogP contribution in [0.4, 0.5) is 9.57 Å². The second kappa shape index (κ2) is 10.2. The Labute approximate surface area is 193 Å². The molecule has 1 aliphatic rings. The molecule has 3 rings (SSSR count). The number of rotatable bonds is 8. The van der Waals surface area contributed by atoms with Crippen molar-refractivity contribution in [3.05, 3.63) is 54.1 Å². The summed E-state index contributed by atoms with van der Waals surface area (Å²) in [4.78, 5) is 9.86. The molecule has 0 spiro atoms. The van der Waals surface area contributed by atoms with Gasteiger partial charge < -0.3 is 16.2 Å². The fourth-order valence-corrected chi connectivity index (χ4v) is 3.84. The molecule has 0 amide bonds. The first-order chi connectivity index (χ1) is 14.6. The highest BCUT2D eigenvalue weighted by atomic mass is 35.5. The van der Waals surface area contributed by atoms with E-state index < -0.39 is 15.9 Å². The lowest BCUT2D eigenvalue weighted by Gasteiger charge is -2.38. The molecule has 2 aromatic rings. The molecule has 174 valence electrons. The number of guanidine groups is 2. The van der Waals surface area contributed by atoms with E-state index in [9.17, 15) is 12.3 Å². The van der Waals surface area contributed by atoms with E-state index in [2.05, 4.69) is 9.98 Å². The minimum atomic E-state index is -4.69. The minimum absolute atomic E-state index is 0. The normalized spacial score (nSPS) is 15.4. The Balaban J connectivity index is 0.00000363. The van der Waals surface area contributed by atoms with Crippen LogP contribution in [0.2, 0.25) is 0 Å². The number of hydrogen-bond donors (Lipinski definition) is 2. The van der Waals surface area contributed by atoms with Gasteiger partial charge in [-0.2, -0.15) is 13.4 Å². The Morgan fingerprint density at radius 1 is 1.03 bits per heavy atom. The lowest BCUT2D eigenvalue weighted by atomic mass is 10.1. The van der Waals surface area contributed by atoms with Crippen LogP contribution < -0.4 is 21.1 Å². The summed E-state index contributed by atoms with van der Waals surface area (Å²) >= 11 is 0. The van der Waals surface area contributed by atoms with Gasteiger partial charge in [0, 0.05) is 5.69 Å². The maximum Gasteiger partial charge on any atom is 0.332 e. The topological polar surface area (TPSA) is 123 Å². The molecule has 0 aliphatic carbocycles. The molecular formula is C21H27ClFN5O3S. The molecule has 2 aromatic carbocycles. The van der Waals surface area contributed by atoms with Crippen molar-refractivity contribution >= 4 is 40.2 Å². The van der Waals surface area contributed by atoms with E-state index >= 15 is 0 Å². The number of halogens is 2. The van der Waals surface area contributed by atoms with Gasteiger partial charge in [-0.25, -0.2) is 4.99 Å². The van der Waals surface area contributed by atoms with E-state index in [1.54, 1.807) is 0 Å². The molecule has 32 heavy (non-hydrogen) atoms. The van der Waals surface area contributed by atoms with Crippen molar-refractivity contribution in [2.45, 2.75) is 43.7 Å². The number of nitrogens with two attached hydrogens (primary N) is 2. The van der Waals surface area contributed by atoms with Crippen LogP contribution in [0.3, 0.4) is 0 Å². The molecule has 4 N–H and O–H groups in total. The number of unbranched alkanes of at least 4 members (excludes halogenated alkanes) is 1. The standard InChI is InChI=1S/C21H26FN5O3S.ClH/c1-21(2)26-19(23)25-20(24)27(21)16-8-6-15(7-9-16)5-3-4-14-30-17-10-12-18(13-11-17)31(22,28)29;/h6-13H,3-5,14H2,1-2H3,(H4,23,24,25,26);1H. The number of aryl methyl sites for hydroxylation is 1. The summed E-state index contributed by atoms with van der Waals surface area (Å²) in [5, 5.41) is 0. The quantitative estimate of drug-likeness (QED) is 0.438. The van der Waals surface area contributed by atoms with Crippen molar-refractivity contribution in [3.8, 4) is 5.75 Å². The van der Waals surface area contributed by atoms with Gasteiger partial charge in [-0.05, 0) is 75.1 Å². The zero-order valence-corrected chi connectivity index (χ0v) is 19.5. The first kappa shape index (κ1) is 25.4. The molecule has 1 aliphatic heterocycles. The molecule has 0 atom stereocenters. The maximum absolute atomic E-state index is 12.9. The summed E-state index contributed by atoms with van der Waals surface area (Å²) in [7, 11) is -4.69. The van der Waals surface area contributed by atoms with Crippen molar-refractivity contribution < 1.29 is 17.0 Å². The summed E-state index contributed by atoms with van der Waals surface area (Å²) in [5.74, 6) is 0.976. The van der Waals surface area contributed by atoms with Crippen molar-refractivity contribution in [1.82, 2.24) is 0 Å². The van der Waals surface area contributed by atoms with Gasteiger partial charge in [0.2, 0.25) is 11.9 Å². The molecular weight excluding hydrogens is 457 g/mol. The number of anilines is 1. The van der Waals surface area contributed by atoms with Gasteiger partial charge in [0.05, 0.1) is 11.5 Å². The van der Waals surface area contributed by atoms with Crippen LogP contribution >= 0.6 is 12.4 Å². The molecule has 0 fully saturated rings. The Hall–Kier alpha value is -2.85. The Bertz CT molecular complexity index is 1090. The molecule has 11 heteroatoms. The molecule has 0 bridgehead atoms. The highest BCUT2D eigenvalue weighted by Gasteiger charge is 2.32. The van der Waals surface area contributed by atoms with E-state index in [-0.39, 0.29) is 23.3 Å². The van der Waals surface area contributed by atoms with Gasteiger partial charge in [0.25, 0.3) is 0 Å². The number of nitrogens with zero attached hydrogens (tertiary/aromatic N) is 3. The molecule has 8 nitrogen and oxygen atoms in total. The van der Waals surface area contributed by atoms with E-state index in [0.717, 1.165) is 24.9 Å². The van der Waals surface area contributed by atoms with Gasteiger partial charge in [-0.3, -0.25) is 4.90 Å². The predicted molar refractivity (Wildman–Crippen MR) is 127 cm³/mol. The van der Waals surface area contributed by atoms with E-state index in [1.165, 1.54) is 29.8 Å². The Morgan fingerprint density at radius 3 is 2.22 bits per heavy atom. The molecule has 0 saturated heterocycles. The highest BCUT2D eigenvalue weighted by Crippen LogP contribution is 2.27. The molecule has 0 saturated carbocycles. The average molecular weight is 484 g/mol. The third-order valence-electron chi connectivity index (χ3n) is 4.82. The number of ether oxygens (including phenoxy) is 1. The van der Waals surface area contributed by atoms with Crippen LogP contribution in [0.25, 0.3) is 0 Å². The molecule has 0 aromatic heterocycles. The maximum atomic E-state index is 12.9. The van der Waals surface area contributed by atoms with Crippen LogP contribution in [-0.4, -0.2) is 32.6 Å². The Kier molecular flexibility index (Phi) is 8.08. The van der Waals surface area contributed by atoms with Crippen LogP contribution in [0.1, 0.15) is 32.3 Å². The average Bonchev–Trinajstić information content (AvgIpc) is 2.67. The zero-order valence-electron chi connectivity index (χ0n) is 17.9. The first-order valence-corrected chi connectivity index (χ1v) is 11.2. The van der Waals surface area contributed by atoms with Crippen LogP contribution in [0, 0.1) is 0 Å². The van der Waals surface area contributed by atoms with Gasteiger partial charge in [-0.1, -0.05) is 12.1 Å². The zero-order chi connectivity index (χ0) is 22.6. The van der Waals surface area contributed by atoms with Gasteiger partial charge in [0.1, 0.15) is 11.4 Å². The van der Waals surface area contributed by atoms with E-state index in [1.807, 2.05) is 43.0 Å². The second-order valence-corrected chi connectivity index (χ2v) is 9.00. The molecule has 1 heterocycles. The Morgan fingerprint density at radius 2 is 1.66 bits per heavy atom. The molecule has 0 unspecified atom stereocenters. The van der Waals surface area contributed by atoms with Gasteiger partial charge in [0.15, 0.2) is 0 Å². The van der Waals surface area contributed by atoms with E-state index in [4.69, 9.17) is 16.2 Å². The largest absolute Gasteiger partial charge is 0.494 e. The lowest BCUT2D eigenvalue weighted by molar-refractivity contribution is 0.306. The summed E-state index contributed by atoms with van der Waals surface area (Å²) in [6, 6.07) is 13.3. The third-order valence-corrected chi connectivity index (χ3v) is 5.66. The number of hydrogen-bond acceptors (Lipinski definition) is 8. The fraction of sp³-hybridized carbons (Fsp3) is 0.333. The number of benzene rings is 2. The van der Waals surface area contributed by atoms with Crippen LogP contribution in [0.15, 0.2) is 63.4 Å². The van der Waals surface area contributed by atoms with Crippen molar-refractivity contribution in [2.75, 3.05) is 11.5 Å². The van der Waals surface area contributed by atoms with Crippen LogP contribution in [0.5, 0.6) is 5.75 Å². The number of aliphatic imine (C=N–C) groups is 2. The van der Waals surface area contributed by atoms with Crippen molar-refractivity contribution in [1.29, 1.82) is 0 Å². The summed E-state index contributed by atoms with van der Waals surface area (Å²) < 4.78 is 40.1. The monoisotopic (exact) mass is 483 g/mol. The summed E-state index contributed by atoms with van der Waals surface area (Å²) in [6.45, 7) is 4.31. The predicted octanol–water partition coefficient (Wildman–Crippen LogP) is 3.35. The van der Waals surface area contributed by atoms with Gasteiger partial charge >= 0.3 is 10.2 Å². The first-order valence-electron chi connectivity index (χ1n) is 9.82. The van der Waals surface area contributed by atoms with Crippen molar-refractivity contribution in [2.24, 2.45) is 21.5 Å². The van der Waals surface area contributed by atoms with Crippen LogP contribution in [-0.2, 0) is 16.6 Å². The minimum Gasteiger partial charge on any atom is -0.494 e. The fourth-order valence-electron chi connectivity index (χ4n) is 3.38. The second-order valence-electron chi connectivity index (χ2n) is 7.65. The highest BCUT2D eigenvalue weighted by molar-refractivity contribution is 7.86. The van der Waals surface area contributed by atoms with Crippen molar-refractivity contribution in [3.63, 3.8) is 0 Å². The lowest BCUT2D eigenvalue weighted by Crippen LogP contribution is -2.54.